The molecule has 0 aromatic carbocycles. The number of aryl methyl sites for hydroxylation is 1. The molecule has 10 heteroatoms. The molecule has 3 N–H and O–H groups in total. The lowest BCUT2D eigenvalue weighted by molar-refractivity contribution is -0.119. The molecule has 21 heavy (non-hydrogen) atoms. The number of nitrogens with one attached hydrogen (secondary N) is 2. The molecule has 1 fully saturated rings. The summed E-state index contributed by atoms with van der Waals surface area (Å²) in [6.07, 6.45) is 0.477. The van der Waals surface area contributed by atoms with Crippen LogP contribution in [0.2, 0.25) is 0 Å². The zero-order valence-corrected chi connectivity index (χ0v) is 12.4. The minimum Gasteiger partial charge on any atom is -0.478 e. The van der Waals surface area contributed by atoms with Crippen molar-refractivity contribution in [1.29, 1.82) is 0 Å². The second-order valence-electron chi connectivity index (χ2n) is 4.88. The average molecular weight is 316 g/mol. The molecule has 2 heterocycles. The van der Waals surface area contributed by atoms with Crippen LogP contribution in [0.4, 0.5) is 0 Å². The number of rotatable bonds is 4. The zero-order valence-electron chi connectivity index (χ0n) is 11.6. The molecule has 116 valence electrons. The van der Waals surface area contributed by atoms with Crippen LogP contribution in [0.15, 0.2) is 5.03 Å². The van der Waals surface area contributed by atoms with Gasteiger partial charge < -0.3 is 10.4 Å². The van der Waals surface area contributed by atoms with E-state index in [-0.39, 0.29) is 36.3 Å². The van der Waals surface area contributed by atoms with Crippen molar-refractivity contribution >= 4 is 21.9 Å². The first-order chi connectivity index (χ1) is 9.73. The van der Waals surface area contributed by atoms with Crippen molar-refractivity contribution in [3.8, 4) is 0 Å². The van der Waals surface area contributed by atoms with E-state index in [2.05, 4.69) is 15.5 Å². The molecule has 0 aliphatic carbocycles. The Kier molecular flexibility index (Phi) is 4.01. The molecule has 1 aliphatic heterocycles. The monoisotopic (exact) mass is 316 g/mol. The minimum atomic E-state index is -4.00. The number of aromatic carboxylic acids is 1. The Morgan fingerprint density at radius 3 is 2.71 bits per heavy atom. The molecule has 1 aromatic rings. The van der Waals surface area contributed by atoms with Crippen LogP contribution in [-0.2, 0) is 14.8 Å². The number of nitrogens with zero attached hydrogens (tertiary/aromatic N) is 2. The molecule has 2 rings (SSSR count). The van der Waals surface area contributed by atoms with Crippen LogP contribution in [0.5, 0.6) is 0 Å². The van der Waals surface area contributed by atoms with Crippen LogP contribution in [0.1, 0.15) is 29.4 Å². The van der Waals surface area contributed by atoms with Crippen LogP contribution in [0, 0.1) is 6.92 Å². The molecule has 1 aliphatic rings. The summed E-state index contributed by atoms with van der Waals surface area (Å²) in [5, 5.41) is 17.3. The average Bonchev–Trinajstić information content (AvgIpc) is 2.95. The summed E-state index contributed by atoms with van der Waals surface area (Å²) in [4.78, 5) is 22.2. The highest BCUT2D eigenvalue weighted by atomic mass is 32.2. The van der Waals surface area contributed by atoms with Gasteiger partial charge in [0.2, 0.25) is 10.9 Å². The van der Waals surface area contributed by atoms with E-state index in [4.69, 9.17) is 5.11 Å². The number of H-pyrrole nitrogens is 1. The number of aromatic amines is 1. The first-order valence-electron chi connectivity index (χ1n) is 6.29. The van der Waals surface area contributed by atoms with E-state index < -0.39 is 21.0 Å². The van der Waals surface area contributed by atoms with Crippen LogP contribution >= 0.6 is 0 Å². The SMILES string of the molecule is CC(=O)NC1CCN(S(=O)(=O)c2n[nH]c(C)c2C(=O)O)C1. The summed E-state index contributed by atoms with van der Waals surface area (Å²) in [7, 11) is -4.00. The van der Waals surface area contributed by atoms with Gasteiger partial charge in [-0.05, 0) is 13.3 Å². The first kappa shape index (κ1) is 15.4. The predicted octanol–water partition coefficient (Wildman–Crippen LogP) is -0.685. The number of amides is 1. The highest BCUT2D eigenvalue weighted by Crippen LogP contribution is 2.24. The summed E-state index contributed by atoms with van der Waals surface area (Å²) < 4.78 is 26.1. The number of carboxylic acids is 1. The Morgan fingerprint density at radius 2 is 2.14 bits per heavy atom. The minimum absolute atomic E-state index is 0.104. The quantitative estimate of drug-likeness (QED) is 0.674. The molecular formula is C11H16N4O5S. The lowest BCUT2D eigenvalue weighted by atomic mass is 10.3. The second-order valence-corrected chi connectivity index (χ2v) is 6.74. The van der Waals surface area contributed by atoms with Gasteiger partial charge in [0.05, 0.1) is 0 Å². The summed E-state index contributed by atoms with van der Waals surface area (Å²) >= 11 is 0. The largest absolute Gasteiger partial charge is 0.478 e. The predicted molar refractivity (Wildman–Crippen MR) is 71.3 cm³/mol. The van der Waals surface area contributed by atoms with Crippen molar-refractivity contribution < 1.29 is 23.1 Å². The van der Waals surface area contributed by atoms with E-state index in [1.165, 1.54) is 13.8 Å². The third-order valence-corrected chi connectivity index (χ3v) is 5.07. The third kappa shape index (κ3) is 2.90. The Bertz CT molecular complexity index is 681. The molecule has 1 saturated heterocycles. The highest BCUT2D eigenvalue weighted by Gasteiger charge is 2.37. The van der Waals surface area contributed by atoms with Crippen molar-refractivity contribution in [2.24, 2.45) is 0 Å². The molecule has 0 spiro atoms. The van der Waals surface area contributed by atoms with Crippen LogP contribution < -0.4 is 5.32 Å². The van der Waals surface area contributed by atoms with E-state index in [1.807, 2.05) is 0 Å². The first-order valence-corrected chi connectivity index (χ1v) is 7.73. The van der Waals surface area contributed by atoms with Crippen molar-refractivity contribution in [1.82, 2.24) is 19.8 Å². The van der Waals surface area contributed by atoms with Crippen LogP contribution in [0.3, 0.4) is 0 Å². The zero-order chi connectivity index (χ0) is 15.8. The molecule has 1 atom stereocenters. The van der Waals surface area contributed by atoms with Gasteiger partial charge in [-0.3, -0.25) is 9.89 Å². The molecule has 1 unspecified atom stereocenters. The number of carbonyl (C=O) groups excluding carboxylic acids is 1. The van der Waals surface area contributed by atoms with Crippen LogP contribution in [-0.4, -0.2) is 59.0 Å². The topological polar surface area (TPSA) is 132 Å². The molecule has 1 aromatic heterocycles. The van der Waals surface area contributed by atoms with Gasteiger partial charge in [-0.15, -0.1) is 0 Å². The smallest absolute Gasteiger partial charge is 0.340 e. The number of sulfonamides is 1. The standard InChI is InChI=1S/C11H16N4O5S/c1-6-9(11(17)18)10(14-13-6)21(19,20)15-4-3-8(5-15)12-7(2)16/h8H,3-5H2,1-2H3,(H,12,16)(H,13,14)(H,17,18). The van der Waals surface area contributed by atoms with Crippen molar-refractivity contribution in [3.05, 3.63) is 11.3 Å². The van der Waals surface area contributed by atoms with Gasteiger partial charge in [-0.1, -0.05) is 0 Å². The number of carbonyl (C=O) groups is 2. The summed E-state index contributed by atoms with van der Waals surface area (Å²) in [5.41, 5.74) is -0.170. The Morgan fingerprint density at radius 1 is 1.48 bits per heavy atom. The van der Waals surface area contributed by atoms with E-state index in [0.29, 0.717) is 6.42 Å². The van der Waals surface area contributed by atoms with E-state index in [1.54, 1.807) is 0 Å². The highest BCUT2D eigenvalue weighted by molar-refractivity contribution is 7.89. The Balaban J connectivity index is 2.28. The van der Waals surface area contributed by atoms with Gasteiger partial charge in [-0.25, -0.2) is 13.2 Å². The fourth-order valence-electron chi connectivity index (χ4n) is 2.32. The van der Waals surface area contributed by atoms with Gasteiger partial charge in [-0.2, -0.15) is 9.40 Å². The van der Waals surface area contributed by atoms with Gasteiger partial charge in [0.25, 0.3) is 10.0 Å². The number of aromatic nitrogens is 2. The number of hydrogen-bond acceptors (Lipinski definition) is 5. The molecule has 0 bridgehead atoms. The van der Waals surface area contributed by atoms with E-state index in [0.717, 1.165) is 4.31 Å². The molecule has 1 amide bonds. The van der Waals surface area contributed by atoms with Gasteiger partial charge >= 0.3 is 5.97 Å². The van der Waals surface area contributed by atoms with E-state index in [9.17, 15) is 18.0 Å². The fourth-order valence-corrected chi connectivity index (χ4v) is 3.95. The molecule has 9 nitrogen and oxygen atoms in total. The summed E-state index contributed by atoms with van der Waals surface area (Å²) in [5.74, 6) is -1.58. The lowest BCUT2D eigenvalue weighted by Crippen LogP contribution is -2.37. The molecule has 0 saturated carbocycles. The molecular weight excluding hydrogens is 300 g/mol. The Hall–Kier alpha value is -1.94. The van der Waals surface area contributed by atoms with Crippen molar-refractivity contribution in [2.45, 2.75) is 31.3 Å². The van der Waals surface area contributed by atoms with Gasteiger partial charge in [0, 0.05) is 31.7 Å². The molecule has 0 radical (unpaired) electrons. The van der Waals surface area contributed by atoms with Gasteiger partial charge in [0.1, 0.15) is 5.56 Å². The summed E-state index contributed by atoms with van der Waals surface area (Å²) in [6.45, 7) is 3.11. The maximum atomic E-state index is 12.5. The van der Waals surface area contributed by atoms with Crippen molar-refractivity contribution in [2.75, 3.05) is 13.1 Å². The maximum Gasteiger partial charge on any atom is 0.340 e. The lowest BCUT2D eigenvalue weighted by Gasteiger charge is -2.15. The number of carboxylic acid groups (broad SMARTS) is 1. The third-order valence-electron chi connectivity index (χ3n) is 3.27. The fraction of sp³-hybridized carbons (Fsp3) is 0.545. The van der Waals surface area contributed by atoms with Gasteiger partial charge in [0.15, 0.2) is 0 Å². The summed E-state index contributed by atoms with van der Waals surface area (Å²) in [6, 6.07) is -0.273. The van der Waals surface area contributed by atoms with Crippen LogP contribution in [0.25, 0.3) is 0 Å². The van der Waals surface area contributed by atoms with E-state index >= 15 is 0 Å². The normalized spacial score (nSPS) is 19.6. The maximum absolute atomic E-state index is 12.5. The van der Waals surface area contributed by atoms with Crippen molar-refractivity contribution in [3.63, 3.8) is 0 Å². The number of hydrogen-bond donors (Lipinski definition) is 3. The second kappa shape index (κ2) is 5.45. The Labute approximate surface area is 121 Å².